The smallest absolute Gasteiger partial charge is 0.410 e. The van der Waals surface area contributed by atoms with Gasteiger partial charge in [0.25, 0.3) is 0 Å². The molecule has 5 heteroatoms. The predicted molar refractivity (Wildman–Crippen MR) is 79.1 cm³/mol. The number of aliphatic carboxylic acids is 1. The van der Waals surface area contributed by atoms with Crippen LogP contribution in [0, 0.1) is 11.3 Å². The third-order valence-electron chi connectivity index (χ3n) is 4.72. The number of hydrogen-bond donors (Lipinski definition) is 1. The summed E-state index contributed by atoms with van der Waals surface area (Å²) >= 11 is 0. The molecule has 2 fully saturated rings. The van der Waals surface area contributed by atoms with E-state index >= 15 is 0 Å². The maximum Gasteiger partial charge on any atom is 0.410 e. The number of hydrogen-bond acceptors (Lipinski definition) is 3. The molecule has 21 heavy (non-hydrogen) atoms. The molecule has 1 amide bonds. The summed E-state index contributed by atoms with van der Waals surface area (Å²) in [7, 11) is 0. The first kappa shape index (κ1) is 16.1. The lowest BCUT2D eigenvalue weighted by molar-refractivity contribution is -0.138. The van der Waals surface area contributed by atoms with Gasteiger partial charge >= 0.3 is 12.1 Å². The molecule has 0 aromatic heterocycles. The lowest BCUT2D eigenvalue weighted by Gasteiger charge is -2.36. The molecular formula is C16H27NO4. The fourth-order valence-corrected chi connectivity index (χ4v) is 3.57. The van der Waals surface area contributed by atoms with Crippen LogP contribution in [0.1, 0.15) is 59.3 Å². The Labute approximate surface area is 126 Å². The number of carbonyl (C=O) groups is 2. The number of nitrogens with zero attached hydrogens (tertiary/aromatic N) is 1. The van der Waals surface area contributed by atoms with Gasteiger partial charge in [-0.1, -0.05) is 0 Å². The van der Waals surface area contributed by atoms with E-state index in [1.807, 2.05) is 25.7 Å². The van der Waals surface area contributed by atoms with Gasteiger partial charge < -0.3 is 14.7 Å². The van der Waals surface area contributed by atoms with Crippen molar-refractivity contribution < 1.29 is 19.4 Å². The molecule has 1 aliphatic carbocycles. The lowest BCUT2D eigenvalue weighted by atomic mass is 9.69. The lowest BCUT2D eigenvalue weighted by Crippen LogP contribution is -2.38. The predicted octanol–water partition coefficient (Wildman–Crippen LogP) is 3.28. The summed E-state index contributed by atoms with van der Waals surface area (Å²) in [4.78, 5) is 24.7. The molecule has 5 nitrogen and oxygen atoms in total. The van der Waals surface area contributed by atoms with Crippen molar-refractivity contribution in [2.75, 3.05) is 13.1 Å². The summed E-state index contributed by atoms with van der Waals surface area (Å²) < 4.78 is 5.44. The summed E-state index contributed by atoms with van der Waals surface area (Å²) in [6, 6.07) is 0. The molecule has 1 aliphatic heterocycles. The van der Waals surface area contributed by atoms with Crippen LogP contribution in [-0.4, -0.2) is 40.8 Å². The monoisotopic (exact) mass is 297 g/mol. The van der Waals surface area contributed by atoms with E-state index in [9.17, 15) is 9.59 Å². The molecule has 120 valence electrons. The summed E-state index contributed by atoms with van der Waals surface area (Å²) in [6.07, 6.45) is 5.09. The summed E-state index contributed by atoms with van der Waals surface area (Å²) in [5.74, 6) is -0.388. The Hall–Kier alpha value is -1.26. The maximum absolute atomic E-state index is 12.1. The van der Waals surface area contributed by atoms with Crippen LogP contribution in [0.4, 0.5) is 4.79 Å². The van der Waals surface area contributed by atoms with Crippen molar-refractivity contribution >= 4 is 12.1 Å². The van der Waals surface area contributed by atoms with Gasteiger partial charge in [-0.15, -0.1) is 0 Å². The third-order valence-corrected chi connectivity index (χ3v) is 4.72. The van der Waals surface area contributed by atoms with E-state index < -0.39 is 11.6 Å². The molecule has 2 rings (SSSR count). The molecule has 0 bridgehead atoms. The van der Waals surface area contributed by atoms with E-state index in [1.165, 1.54) is 0 Å². The molecular weight excluding hydrogens is 270 g/mol. The first-order valence-corrected chi connectivity index (χ1v) is 7.89. The van der Waals surface area contributed by atoms with Crippen LogP contribution in [0.5, 0.6) is 0 Å². The van der Waals surface area contributed by atoms with E-state index in [2.05, 4.69) is 0 Å². The normalized spacial score (nSPS) is 29.7. The van der Waals surface area contributed by atoms with Crippen molar-refractivity contribution in [3.05, 3.63) is 0 Å². The van der Waals surface area contributed by atoms with E-state index in [0.29, 0.717) is 5.92 Å². The van der Waals surface area contributed by atoms with Crippen LogP contribution in [0.3, 0.4) is 0 Å². The summed E-state index contributed by atoms with van der Waals surface area (Å²) in [6.45, 7) is 7.18. The summed E-state index contributed by atoms with van der Waals surface area (Å²) in [5.41, 5.74) is -0.252. The Morgan fingerprint density at radius 3 is 2.38 bits per heavy atom. The van der Waals surface area contributed by atoms with Gasteiger partial charge in [0.05, 0.1) is 0 Å². The zero-order chi connectivity index (χ0) is 15.7. The highest BCUT2D eigenvalue weighted by Gasteiger charge is 2.43. The molecule has 0 aromatic rings. The Morgan fingerprint density at radius 2 is 1.86 bits per heavy atom. The van der Waals surface area contributed by atoms with Crippen LogP contribution in [0.15, 0.2) is 0 Å². The molecule has 0 aromatic carbocycles. The van der Waals surface area contributed by atoms with Crippen molar-refractivity contribution in [1.29, 1.82) is 0 Å². The highest BCUT2D eigenvalue weighted by molar-refractivity contribution is 5.68. The minimum Gasteiger partial charge on any atom is -0.481 e. The third kappa shape index (κ3) is 4.35. The van der Waals surface area contributed by atoms with Gasteiger partial charge in [0, 0.05) is 19.5 Å². The second-order valence-electron chi connectivity index (χ2n) is 7.69. The molecule has 0 unspecified atom stereocenters. The molecule has 1 heterocycles. The molecule has 1 N–H and O–H groups in total. The topological polar surface area (TPSA) is 66.8 Å². The van der Waals surface area contributed by atoms with Crippen LogP contribution in [0.2, 0.25) is 0 Å². The minimum atomic E-state index is -0.697. The second kappa shape index (κ2) is 5.85. The molecule has 0 atom stereocenters. The Balaban J connectivity index is 1.85. The standard InChI is InChI=1S/C16H27NO4/c1-15(2,3)21-14(20)17-9-8-16(11-17)6-4-12(5-7-16)10-13(18)19/h12H,4-11H2,1-3H3,(H,18,19). The van der Waals surface area contributed by atoms with Crippen LogP contribution >= 0.6 is 0 Å². The van der Waals surface area contributed by atoms with Gasteiger partial charge in [-0.3, -0.25) is 4.79 Å². The van der Waals surface area contributed by atoms with Gasteiger partial charge in [-0.05, 0) is 64.2 Å². The van der Waals surface area contributed by atoms with Crippen molar-refractivity contribution in [1.82, 2.24) is 4.90 Å². The molecule has 0 radical (unpaired) electrons. The van der Waals surface area contributed by atoms with Gasteiger partial charge in [0.2, 0.25) is 0 Å². The van der Waals surface area contributed by atoms with Crippen LogP contribution in [-0.2, 0) is 9.53 Å². The minimum absolute atomic E-state index is 0.200. The number of rotatable bonds is 2. The number of carboxylic acid groups (broad SMARTS) is 1. The zero-order valence-corrected chi connectivity index (χ0v) is 13.4. The fourth-order valence-electron chi connectivity index (χ4n) is 3.57. The SMILES string of the molecule is CC(C)(C)OC(=O)N1CCC2(CCC(CC(=O)O)CC2)C1. The fraction of sp³-hybridized carbons (Fsp3) is 0.875. The van der Waals surface area contributed by atoms with Crippen LogP contribution in [0.25, 0.3) is 0 Å². The Kier molecular flexibility index (Phi) is 4.49. The first-order valence-electron chi connectivity index (χ1n) is 7.89. The Bertz CT molecular complexity index is 405. The van der Waals surface area contributed by atoms with Crippen LogP contribution < -0.4 is 0 Å². The van der Waals surface area contributed by atoms with Crippen molar-refractivity contribution in [3.63, 3.8) is 0 Å². The van der Waals surface area contributed by atoms with E-state index in [1.54, 1.807) is 0 Å². The van der Waals surface area contributed by atoms with Crippen molar-refractivity contribution in [2.45, 2.75) is 64.9 Å². The second-order valence-corrected chi connectivity index (χ2v) is 7.69. The average Bonchev–Trinajstić information content (AvgIpc) is 2.74. The average molecular weight is 297 g/mol. The quantitative estimate of drug-likeness (QED) is 0.849. The van der Waals surface area contributed by atoms with Gasteiger partial charge in [-0.2, -0.15) is 0 Å². The van der Waals surface area contributed by atoms with E-state index in [0.717, 1.165) is 45.2 Å². The number of carbonyl (C=O) groups excluding carboxylic acids is 1. The summed E-state index contributed by atoms with van der Waals surface area (Å²) in [5, 5.41) is 8.88. The number of carboxylic acids is 1. The van der Waals surface area contributed by atoms with E-state index in [4.69, 9.17) is 9.84 Å². The van der Waals surface area contributed by atoms with Gasteiger partial charge in [-0.25, -0.2) is 4.79 Å². The molecule has 2 aliphatic rings. The number of amides is 1. The highest BCUT2D eigenvalue weighted by atomic mass is 16.6. The number of ether oxygens (including phenoxy) is 1. The zero-order valence-electron chi connectivity index (χ0n) is 13.4. The molecule has 1 saturated heterocycles. The first-order chi connectivity index (χ1) is 9.69. The van der Waals surface area contributed by atoms with Gasteiger partial charge in [0.1, 0.15) is 5.60 Å². The van der Waals surface area contributed by atoms with Crippen molar-refractivity contribution in [3.8, 4) is 0 Å². The van der Waals surface area contributed by atoms with Crippen molar-refractivity contribution in [2.24, 2.45) is 11.3 Å². The largest absolute Gasteiger partial charge is 0.481 e. The maximum atomic E-state index is 12.1. The highest BCUT2D eigenvalue weighted by Crippen LogP contribution is 2.46. The number of likely N-dealkylation sites (tertiary alicyclic amines) is 1. The molecule has 1 spiro atoms. The van der Waals surface area contributed by atoms with E-state index in [-0.39, 0.29) is 17.9 Å². The van der Waals surface area contributed by atoms with Gasteiger partial charge in [0.15, 0.2) is 0 Å². The molecule has 1 saturated carbocycles. The Morgan fingerprint density at radius 1 is 1.24 bits per heavy atom.